The molecule has 3 aromatic rings. The van der Waals surface area contributed by atoms with E-state index >= 15 is 0 Å². The van der Waals surface area contributed by atoms with Crippen LogP contribution in [0.1, 0.15) is 34.2 Å². The molecule has 1 heterocycles. The SMILES string of the molecule is Cc1cc(C)n(-c2ccc(C(=O)NC(C)Cc3c(F)cccc3F)cc2)n1. The van der Waals surface area contributed by atoms with Crippen LogP contribution in [0.4, 0.5) is 8.78 Å². The van der Waals surface area contributed by atoms with Crippen molar-refractivity contribution in [2.24, 2.45) is 0 Å². The molecule has 0 aliphatic rings. The molecule has 27 heavy (non-hydrogen) atoms. The van der Waals surface area contributed by atoms with Crippen molar-refractivity contribution in [3.63, 3.8) is 0 Å². The van der Waals surface area contributed by atoms with Gasteiger partial charge in [0.25, 0.3) is 5.91 Å². The van der Waals surface area contributed by atoms with E-state index in [0.717, 1.165) is 17.1 Å². The number of nitrogens with one attached hydrogen (secondary N) is 1. The molecule has 1 unspecified atom stereocenters. The number of carbonyl (C=O) groups excluding carboxylic acids is 1. The Balaban J connectivity index is 1.68. The van der Waals surface area contributed by atoms with Gasteiger partial charge in [-0.2, -0.15) is 5.10 Å². The lowest BCUT2D eigenvalue weighted by Gasteiger charge is -2.15. The van der Waals surface area contributed by atoms with Crippen LogP contribution in [0.15, 0.2) is 48.5 Å². The lowest BCUT2D eigenvalue weighted by Crippen LogP contribution is -2.34. The molecule has 0 saturated heterocycles. The summed E-state index contributed by atoms with van der Waals surface area (Å²) in [4.78, 5) is 12.4. The van der Waals surface area contributed by atoms with Gasteiger partial charge in [0.05, 0.1) is 11.4 Å². The summed E-state index contributed by atoms with van der Waals surface area (Å²) in [7, 11) is 0. The van der Waals surface area contributed by atoms with E-state index < -0.39 is 17.7 Å². The van der Waals surface area contributed by atoms with Crippen molar-refractivity contribution in [2.75, 3.05) is 0 Å². The van der Waals surface area contributed by atoms with Crippen molar-refractivity contribution in [3.8, 4) is 5.69 Å². The summed E-state index contributed by atoms with van der Waals surface area (Å²) >= 11 is 0. The molecule has 0 aliphatic heterocycles. The van der Waals surface area contributed by atoms with E-state index in [0.29, 0.717) is 5.56 Å². The van der Waals surface area contributed by atoms with Gasteiger partial charge in [0, 0.05) is 22.9 Å². The fourth-order valence-electron chi connectivity index (χ4n) is 3.04. The molecular formula is C21H21F2N3O. The van der Waals surface area contributed by atoms with Crippen molar-refractivity contribution < 1.29 is 13.6 Å². The molecule has 0 spiro atoms. The number of hydrogen-bond acceptors (Lipinski definition) is 2. The Hall–Kier alpha value is -3.02. The smallest absolute Gasteiger partial charge is 0.251 e. The highest BCUT2D eigenvalue weighted by Crippen LogP contribution is 2.15. The highest BCUT2D eigenvalue weighted by atomic mass is 19.1. The van der Waals surface area contributed by atoms with E-state index in [1.54, 1.807) is 23.7 Å². The van der Waals surface area contributed by atoms with Gasteiger partial charge in [-0.3, -0.25) is 4.79 Å². The molecule has 0 saturated carbocycles. The molecule has 1 aromatic heterocycles. The first-order chi connectivity index (χ1) is 12.8. The molecule has 3 rings (SSSR count). The van der Waals surface area contributed by atoms with E-state index in [2.05, 4.69) is 10.4 Å². The minimum absolute atomic E-state index is 0.0230. The second-order valence-electron chi connectivity index (χ2n) is 6.66. The van der Waals surface area contributed by atoms with Crippen LogP contribution in [-0.4, -0.2) is 21.7 Å². The van der Waals surface area contributed by atoms with Gasteiger partial charge in [-0.05, 0) is 69.7 Å². The second kappa shape index (κ2) is 7.70. The molecule has 0 aliphatic carbocycles. The number of hydrogen-bond donors (Lipinski definition) is 1. The first kappa shape index (κ1) is 18.8. The van der Waals surface area contributed by atoms with Gasteiger partial charge in [0.1, 0.15) is 11.6 Å². The zero-order chi connectivity index (χ0) is 19.6. The number of rotatable bonds is 5. The van der Waals surface area contributed by atoms with Crippen LogP contribution in [0.3, 0.4) is 0 Å². The van der Waals surface area contributed by atoms with Gasteiger partial charge in [-0.25, -0.2) is 13.5 Å². The first-order valence-corrected chi connectivity index (χ1v) is 8.72. The van der Waals surface area contributed by atoms with E-state index in [1.807, 2.05) is 32.0 Å². The summed E-state index contributed by atoms with van der Waals surface area (Å²) in [5, 5.41) is 7.19. The van der Waals surface area contributed by atoms with E-state index in [1.165, 1.54) is 18.2 Å². The summed E-state index contributed by atoms with van der Waals surface area (Å²) in [5.74, 6) is -1.50. The van der Waals surface area contributed by atoms with Crippen LogP contribution in [0.5, 0.6) is 0 Å². The summed E-state index contributed by atoms with van der Waals surface area (Å²) in [6, 6.07) is 12.3. The summed E-state index contributed by atoms with van der Waals surface area (Å²) < 4.78 is 29.3. The fourth-order valence-corrected chi connectivity index (χ4v) is 3.04. The highest BCUT2D eigenvalue weighted by Gasteiger charge is 2.15. The first-order valence-electron chi connectivity index (χ1n) is 8.72. The Morgan fingerprint density at radius 1 is 1.11 bits per heavy atom. The number of aryl methyl sites for hydroxylation is 2. The van der Waals surface area contributed by atoms with Crippen molar-refractivity contribution in [1.82, 2.24) is 15.1 Å². The van der Waals surface area contributed by atoms with E-state index in [-0.39, 0.29) is 17.9 Å². The quantitative estimate of drug-likeness (QED) is 0.735. The molecule has 0 radical (unpaired) electrons. The van der Waals surface area contributed by atoms with Crippen LogP contribution in [0, 0.1) is 25.5 Å². The maximum Gasteiger partial charge on any atom is 0.251 e. The molecule has 0 bridgehead atoms. The van der Waals surface area contributed by atoms with Crippen LogP contribution >= 0.6 is 0 Å². The van der Waals surface area contributed by atoms with E-state index in [9.17, 15) is 13.6 Å². The third-order valence-electron chi connectivity index (χ3n) is 4.33. The minimum atomic E-state index is -0.606. The lowest BCUT2D eigenvalue weighted by molar-refractivity contribution is 0.0939. The third kappa shape index (κ3) is 4.22. The predicted molar refractivity (Wildman–Crippen MR) is 100 cm³/mol. The molecule has 4 nitrogen and oxygen atoms in total. The number of carbonyl (C=O) groups is 1. The average Bonchev–Trinajstić information content (AvgIpc) is 2.96. The fraction of sp³-hybridized carbons (Fsp3) is 0.238. The molecule has 1 N–H and O–H groups in total. The summed E-state index contributed by atoms with van der Waals surface area (Å²) in [6.07, 6.45) is 0.0775. The molecule has 0 fully saturated rings. The predicted octanol–water partition coefficient (Wildman–Crippen LogP) is 4.13. The zero-order valence-electron chi connectivity index (χ0n) is 15.5. The Bertz CT molecular complexity index is 944. The van der Waals surface area contributed by atoms with Crippen molar-refractivity contribution >= 4 is 5.91 Å². The van der Waals surface area contributed by atoms with Gasteiger partial charge in [-0.15, -0.1) is 0 Å². The van der Waals surface area contributed by atoms with Gasteiger partial charge >= 0.3 is 0 Å². The Morgan fingerprint density at radius 3 is 2.30 bits per heavy atom. The summed E-state index contributed by atoms with van der Waals surface area (Å²) in [5.41, 5.74) is 3.23. The van der Waals surface area contributed by atoms with Crippen molar-refractivity contribution in [1.29, 1.82) is 0 Å². The Kier molecular flexibility index (Phi) is 5.35. The highest BCUT2D eigenvalue weighted by molar-refractivity contribution is 5.94. The van der Waals surface area contributed by atoms with Gasteiger partial charge in [0.2, 0.25) is 0 Å². The number of benzene rings is 2. The Morgan fingerprint density at radius 2 is 1.74 bits per heavy atom. The Labute approximate surface area is 156 Å². The maximum absolute atomic E-state index is 13.8. The van der Waals surface area contributed by atoms with Gasteiger partial charge in [0.15, 0.2) is 0 Å². The minimum Gasteiger partial charge on any atom is -0.349 e. The zero-order valence-corrected chi connectivity index (χ0v) is 15.5. The number of amides is 1. The maximum atomic E-state index is 13.8. The lowest BCUT2D eigenvalue weighted by atomic mass is 10.1. The molecule has 1 atom stereocenters. The molecule has 2 aromatic carbocycles. The average molecular weight is 369 g/mol. The van der Waals surface area contributed by atoms with Crippen LogP contribution in [-0.2, 0) is 6.42 Å². The van der Waals surface area contributed by atoms with Crippen LogP contribution in [0.25, 0.3) is 5.69 Å². The normalized spacial score (nSPS) is 12.0. The summed E-state index contributed by atoms with van der Waals surface area (Å²) in [6.45, 7) is 5.60. The number of aromatic nitrogens is 2. The molecule has 1 amide bonds. The van der Waals surface area contributed by atoms with Crippen molar-refractivity contribution in [3.05, 3.63) is 82.7 Å². The topological polar surface area (TPSA) is 46.9 Å². The second-order valence-corrected chi connectivity index (χ2v) is 6.66. The van der Waals surface area contributed by atoms with Crippen LogP contribution < -0.4 is 5.32 Å². The number of halogens is 2. The van der Waals surface area contributed by atoms with Crippen LogP contribution in [0.2, 0.25) is 0 Å². The van der Waals surface area contributed by atoms with Crippen molar-refractivity contribution in [2.45, 2.75) is 33.2 Å². The standard InChI is InChI=1S/C21H21F2N3O/c1-13(12-18-19(22)5-4-6-20(18)23)24-21(27)16-7-9-17(10-8-16)26-15(3)11-14(2)25-26/h4-11,13H,12H2,1-3H3,(H,24,27). The van der Waals surface area contributed by atoms with Gasteiger partial charge < -0.3 is 5.32 Å². The van der Waals surface area contributed by atoms with E-state index in [4.69, 9.17) is 0 Å². The monoisotopic (exact) mass is 369 g/mol. The largest absolute Gasteiger partial charge is 0.349 e. The number of nitrogens with zero attached hydrogens (tertiary/aromatic N) is 2. The molecule has 140 valence electrons. The third-order valence-corrected chi connectivity index (χ3v) is 4.33. The molecular weight excluding hydrogens is 348 g/mol. The van der Waals surface area contributed by atoms with Gasteiger partial charge in [-0.1, -0.05) is 6.07 Å². The molecule has 6 heteroatoms.